The zero-order valence-corrected chi connectivity index (χ0v) is 11.7. The van der Waals surface area contributed by atoms with Gasteiger partial charge in [0.15, 0.2) is 0 Å². The topological polar surface area (TPSA) is 66.2 Å². The van der Waals surface area contributed by atoms with Gasteiger partial charge in [-0.3, -0.25) is 9.97 Å². The second-order valence-corrected chi connectivity index (χ2v) is 4.70. The average Bonchev–Trinajstić information content (AvgIpc) is 2.57. The number of hydrogen-bond donors (Lipinski definition) is 2. The van der Waals surface area contributed by atoms with Gasteiger partial charge in [-0.2, -0.15) is 0 Å². The zero-order valence-electron chi connectivity index (χ0n) is 11.7. The molecule has 0 bridgehead atoms. The standard InChI is InChI=1S/2C9H7NO.Li.H/c2*11-8-5-1-3-7-4-2-6-10-9(7)8;;/h2*1-6,11H;;. The number of phenols is 2. The molecule has 5 heteroatoms. The molecule has 110 valence electrons. The number of para-hydroxylation sites is 2. The minimum absolute atomic E-state index is 0. The molecule has 2 aromatic heterocycles. The number of aromatic hydroxyl groups is 2. The van der Waals surface area contributed by atoms with E-state index in [-0.39, 0.29) is 30.4 Å². The summed E-state index contributed by atoms with van der Waals surface area (Å²) in [4.78, 5) is 8.06. The van der Waals surface area contributed by atoms with Crippen molar-refractivity contribution in [1.82, 2.24) is 9.97 Å². The van der Waals surface area contributed by atoms with Crippen molar-refractivity contribution in [3.8, 4) is 11.5 Å². The summed E-state index contributed by atoms with van der Waals surface area (Å²) in [6, 6.07) is 18.3. The molecule has 0 unspecified atom stereocenters. The van der Waals surface area contributed by atoms with Crippen LogP contribution in [0.4, 0.5) is 0 Å². The Labute approximate surface area is 145 Å². The molecule has 4 aromatic rings. The molecule has 4 rings (SSSR count). The van der Waals surface area contributed by atoms with Crippen molar-refractivity contribution < 1.29 is 10.2 Å². The van der Waals surface area contributed by atoms with Gasteiger partial charge >= 0.3 is 18.9 Å². The molecular weight excluding hydrogens is 283 g/mol. The van der Waals surface area contributed by atoms with Crippen molar-refractivity contribution in [2.45, 2.75) is 0 Å². The number of benzene rings is 2. The van der Waals surface area contributed by atoms with Gasteiger partial charge in [0.1, 0.15) is 22.5 Å². The van der Waals surface area contributed by atoms with Crippen LogP contribution < -0.4 is 0 Å². The summed E-state index contributed by atoms with van der Waals surface area (Å²) < 4.78 is 0. The fraction of sp³-hybridized carbons (Fsp3) is 0. The molecule has 0 atom stereocenters. The van der Waals surface area contributed by atoms with Crippen molar-refractivity contribution in [3.05, 3.63) is 73.1 Å². The van der Waals surface area contributed by atoms with E-state index in [1.807, 2.05) is 36.4 Å². The molecule has 0 radical (unpaired) electrons. The molecule has 0 amide bonds. The summed E-state index contributed by atoms with van der Waals surface area (Å²) in [6.07, 6.45) is 3.34. The predicted octanol–water partition coefficient (Wildman–Crippen LogP) is 3.23. The summed E-state index contributed by atoms with van der Waals surface area (Å²) in [5.74, 6) is 0.478. The van der Waals surface area contributed by atoms with Crippen molar-refractivity contribution >= 4 is 40.7 Å². The minimum atomic E-state index is 0. The third-order valence-electron chi connectivity index (χ3n) is 3.22. The number of nitrogens with zero attached hydrogens (tertiary/aromatic N) is 2. The van der Waals surface area contributed by atoms with Gasteiger partial charge in [0, 0.05) is 23.2 Å². The van der Waals surface area contributed by atoms with Crippen LogP contribution in [0.3, 0.4) is 0 Å². The normalized spacial score (nSPS) is 9.74. The quantitative estimate of drug-likeness (QED) is 0.489. The Kier molecular flexibility index (Phi) is 5.59. The van der Waals surface area contributed by atoms with Crippen LogP contribution in [0.1, 0.15) is 0 Å². The Balaban J connectivity index is 0.000000160. The molecule has 0 saturated heterocycles. The second-order valence-electron chi connectivity index (χ2n) is 4.70. The summed E-state index contributed by atoms with van der Waals surface area (Å²) in [5.41, 5.74) is 1.32. The number of hydrogen-bond acceptors (Lipinski definition) is 4. The van der Waals surface area contributed by atoms with E-state index in [4.69, 9.17) is 0 Å². The third kappa shape index (κ3) is 3.81. The van der Waals surface area contributed by atoms with Crippen LogP contribution in [-0.4, -0.2) is 39.0 Å². The number of pyridine rings is 2. The monoisotopic (exact) mass is 298 g/mol. The van der Waals surface area contributed by atoms with E-state index in [1.54, 1.807) is 36.7 Å². The molecule has 23 heavy (non-hydrogen) atoms. The molecule has 4 nitrogen and oxygen atoms in total. The number of phenolic OH excluding ortho intramolecular Hbond substituents is 2. The van der Waals surface area contributed by atoms with E-state index in [1.165, 1.54) is 0 Å². The van der Waals surface area contributed by atoms with Crippen molar-refractivity contribution in [3.63, 3.8) is 0 Å². The summed E-state index contributed by atoms with van der Waals surface area (Å²) >= 11 is 0. The molecule has 0 saturated carbocycles. The van der Waals surface area contributed by atoms with E-state index in [0.29, 0.717) is 11.0 Å². The first-order valence-corrected chi connectivity index (χ1v) is 6.81. The van der Waals surface area contributed by atoms with Crippen molar-refractivity contribution in [2.75, 3.05) is 0 Å². The van der Waals surface area contributed by atoms with E-state index >= 15 is 0 Å². The molecule has 0 aliphatic heterocycles. The van der Waals surface area contributed by atoms with Gasteiger partial charge < -0.3 is 10.2 Å². The number of fused-ring (bicyclic) bond motifs is 2. The molecular formula is C18H15LiN2O2. The van der Waals surface area contributed by atoms with E-state index in [2.05, 4.69) is 9.97 Å². The van der Waals surface area contributed by atoms with Crippen LogP contribution in [0.2, 0.25) is 0 Å². The van der Waals surface area contributed by atoms with Crippen LogP contribution in [0, 0.1) is 0 Å². The van der Waals surface area contributed by atoms with Gasteiger partial charge in [-0.25, -0.2) is 0 Å². The van der Waals surface area contributed by atoms with Gasteiger partial charge in [0.2, 0.25) is 0 Å². The Hall–Kier alpha value is -2.54. The average molecular weight is 298 g/mol. The SMILES string of the molecule is Oc1cccc2cccnc12.Oc1cccc2cccnc12.[LiH]. The third-order valence-corrected chi connectivity index (χ3v) is 3.22. The Bertz CT molecular complexity index is 841. The fourth-order valence-corrected chi connectivity index (χ4v) is 2.18. The van der Waals surface area contributed by atoms with Gasteiger partial charge in [0.25, 0.3) is 0 Å². The van der Waals surface area contributed by atoms with E-state index in [9.17, 15) is 10.2 Å². The molecule has 0 fully saturated rings. The fourth-order valence-electron chi connectivity index (χ4n) is 2.18. The maximum atomic E-state index is 9.31. The van der Waals surface area contributed by atoms with Gasteiger partial charge in [-0.05, 0) is 24.3 Å². The second kappa shape index (κ2) is 7.64. The molecule has 0 spiro atoms. The first kappa shape index (κ1) is 16.8. The molecule has 2 N–H and O–H groups in total. The van der Waals surface area contributed by atoms with Gasteiger partial charge in [-0.1, -0.05) is 36.4 Å². The maximum absolute atomic E-state index is 9.31. The zero-order chi connectivity index (χ0) is 15.4. The van der Waals surface area contributed by atoms with E-state index in [0.717, 1.165) is 10.8 Å². The first-order valence-electron chi connectivity index (χ1n) is 6.81. The van der Waals surface area contributed by atoms with E-state index < -0.39 is 0 Å². The number of rotatable bonds is 0. The van der Waals surface area contributed by atoms with Crippen molar-refractivity contribution in [2.24, 2.45) is 0 Å². The van der Waals surface area contributed by atoms with Crippen LogP contribution in [0.15, 0.2) is 73.1 Å². The Morgan fingerprint density at radius 2 is 0.957 bits per heavy atom. The molecule has 2 heterocycles. The van der Waals surface area contributed by atoms with Crippen LogP contribution in [-0.2, 0) is 0 Å². The Morgan fingerprint density at radius 3 is 1.35 bits per heavy atom. The molecule has 2 aromatic carbocycles. The number of aromatic nitrogens is 2. The predicted molar refractivity (Wildman–Crippen MR) is 94.0 cm³/mol. The first-order chi connectivity index (χ1) is 10.8. The van der Waals surface area contributed by atoms with Crippen LogP contribution >= 0.6 is 0 Å². The van der Waals surface area contributed by atoms with Crippen molar-refractivity contribution in [1.29, 1.82) is 0 Å². The van der Waals surface area contributed by atoms with Gasteiger partial charge in [0.05, 0.1) is 0 Å². The summed E-state index contributed by atoms with van der Waals surface area (Å²) in [5, 5.41) is 20.5. The van der Waals surface area contributed by atoms with Gasteiger partial charge in [-0.15, -0.1) is 0 Å². The molecule has 0 aliphatic rings. The Morgan fingerprint density at radius 1 is 0.565 bits per heavy atom. The van der Waals surface area contributed by atoms with Crippen LogP contribution in [0.5, 0.6) is 11.5 Å². The summed E-state index contributed by atoms with van der Waals surface area (Å²) in [7, 11) is 0. The molecule has 0 aliphatic carbocycles. The summed E-state index contributed by atoms with van der Waals surface area (Å²) in [6.45, 7) is 0. The van der Waals surface area contributed by atoms with Crippen LogP contribution in [0.25, 0.3) is 21.8 Å².